The molecule has 4 aromatic carbocycles. The van der Waals surface area contributed by atoms with E-state index in [-0.39, 0.29) is 0 Å². The molecule has 1 aliphatic heterocycles. The van der Waals surface area contributed by atoms with Crippen molar-refractivity contribution in [1.29, 1.82) is 0 Å². The van der Waals surface area contributed by atoms with E-state index < -0.39 is 29.9 Å². The molecule has 0 aromatic heterocycles. The molecule has 5 atom stereocenters. The van der Waals surface area contributed by atoms with E-state index in [1.807, 2.05) is 97.1 Å². The fourth-order valence-corrected chi connectivity index (χ4v) is 5.18. The van der Waals surface area contributed by atoms with Crippen LogP contribution in [0.4, 0.5) is 0 Å². The Morgan fingerprint density at radius 1 is 0.475 bits per heavy atom. The van der Waals surface area contributed by atoms with E-state index in [1.165, 1.54) is 0 Å². The van der Waals surface area contributed by atoms with Crippen LogP contribution in [0, 0.1) is 0 Å². The number of rotatable bonds is 13. The Kier molecular flexibility index (Phi) is 10.8. The maximum Gasteiger partial charge on any atom is 0.129 e. The predicted molar refractivity (Wildman–Crippen MR) is 159 cm³/mol. The third kappa shape index (κ3) is 8.27. The van der Waals surface area contributed by atoms with Crippen molar-refractivity contribution < 1.29 is 23.7 Å². The van der Waals surface area contributed by atoms with Gasteiger partial charge in [-0.25, -0.2) is 0 Å². The first kappa shape index (κ1) is 28.6. The Bertz CT molecular complexity index is 1240. The Hall–Kier alpha value is -2.97. The van der Waals surface area contributed by atoms with Crippen molar-refractivity contribution in [3.63, 3.8) is 0 Å². The molecule has 1 heterocycles. The van der Waals surface area contributed by atoms with Gasteiger partial charge in [-0.2, -0.15) is 0 Å². The Morgan fingerprint density at radius 2 is 0.850 bits per heavy atom. The summed E-state index contributed by atoms with van der Waals surface area (Å²) in [5.74, 6) is 0. The van der Waals surface area contributed by atoms with Gasteiger partial charge in [0.25, 0.3) is 0 Å². The molecular weight excluding hydrogens is 520 g/mol. The van der Waals surface area contributed by atoms with Gasteiger partial charge >= 0.3 is 0 Å². The van der Waals surface area contributed by atoms with Crippen molar-refractivity contribution in [3.05, 3.63) is 144 Å². The molecule has 5 nitrogen and oxygen atoms in total. The van der Waals surface area contributed by atoms with E-state index in [4.69, 9.17) is 36.3 Å². The lowest BCUT2D eigenvalue weighted by molar-refractivity contribution is -0.254. The Morgan fingerprint density at radius 3 is 1.30 bits per heavy atom. The molecule has 0 N–H and O–H groups in total. The number of benzene rings is 4. The van der Waals surface area contributed by atoms with Crippen LogP contribution in [0.3, 0.4) is 0 Å². The van der Waals surface area contributed by atoms with E-state index in [2.05, 4.69) is 24.3 Å². The van der Waals surface area contributed by atoms with Crippen molar-refractivity contribution in [2.75, 3.05) is 6.61 Å². The van der Waals surface area contributed by atoms with Gasteiger partial charge < -0.3 is 23.7 Å². The summed E-state index contributed by atoms with van der Waals surface area (Å²) in [4.78, 5) is 0. The summed E-state index contributed by atoms with van der Waals surface area (Å²) in [6.07, 6.45) is -1.73. The predicted octanol–water partition coefficient (Wildman–Crippen LogP) is 6.61. The molecule has 208 valence electrons. The van der Waals surface area contributed by atoms with Gasteiger partial charge in [0.15, 0.2) is 0 Å². The van der Waals surface area contributed by atoms with Crippen LogP contribution in [0.2, 0.25) is 0 Å². The molecule has 0 radical (unpaired) electrons. The molecule has 0 aliphatic carbocycles. The molecule has 1 aliphatic rings. The maximum atomic E-state index is 6.60. The highest BCUT2D eigenvalue weighted by molar-refractivity contribution is 7.80. The van der Waals surface area contributed by atoms with Gasteiger partial charge in [0, 0.05) is 0 Å². The molecule has 0 amide bonds. The monoisotopic (exact) mass is 556 g/mol. The van der Waals surface area contributed by atoms with Gasteiger partial charge in [0.1, 0.15) is 29.9 Å². The Labute approximate surface area is 242 Å². The maximum absolute atomic E-state index is 6.60. The van der Waals surface area contributed by atoms with Crippen LogP contribution in [0.25, 0.3) is 0 Å². The lowest BCUT2D eigenvalue weighted by Crippen LogP contribution is -2.59. The number of ether oxygens (including phenoxy) is 5. The van der Waals surface area contributed by atoms with Crippen molar-refractivity contribution in [3.8, 4) is 0 Å². The zero-order valence-corrected chi connectivity index (χ0v) is 23.4. The van der Waals surface area contributed by atoms with Crippen LogP contribution < -0.4 is 0 Å². The summed E-state index contributed by atoms with van der Waals surface area (Å²) in [5, 5.41) is 0. The fraction of sp³-hybridized carbons (Fsp3) is 0.294. The minimum absolute atomic E-state index is 0.335. The molecule has 5 rings (SSSR count). The summed E-state index contributed by atoms with van der Waals surface area (Å²) < 4.78 is 32.2. The first-order valence-electron chi connectivity index (χ1n) is 13.7. The van der Waals surface area contributed by atoms with Crippen LogP contribution in [0.15, 0.2) is 121 Å². The molecule has 0 saturated carbocycles. The second kappa shape index (κ2) is 15.1. The van der Waals surface area contributed by atoms with Crippen molar-refractivity contribution in [1.82, 2.24) is 0 Å². The zero-order chi connectivity index (χ0) is 27.4. The largest absolute Gasteiger partial charge is 0.374 e. The lowest BCUT2D eigenvalue weighted by atomic mass is 9.98. The third-order valence-electron chi connectivity index (χ3n) is 6.86. The normalized spacial score (nSPS) is 22.7. The van der Waals surface area contributed by atoms with Gasteiger partial charge in [0.2, 0.25) is 0 Å². The highest BCUT2D eigenvalue weighted by Gasteiger charge is 2.47. The fourth-order valence-electron chi connectivity index (χ4n) is 4.77. The number of hydrogen-bond acceptors (Lipinski definition) is 6. The first-order valence-corrected chi connectivity index (χ1v) is 14.2. The molecule has 0 bridgehead atoms. The number of hydrogen-bond donors (Lipinski definition) is 1. The van der Waals surface area contributed by atoms with Gasteiger partial charge in [0.05, 0.1) is 33.0 Å². The SMILES string of the molecule is SC1O[C@H](COCc2ccccc2)[C@H](OCc2ccccc2)[C@H](OCc2ccccc2)[C@H]1OCc1ccccc1. The molecular formula is C34H36O5S. The minimum atomic E-state index is -0.522. The molecule has 1 fully saturated rings. The van der Waals surface area contributed by atoms with E-state index in [0.717, 1.165) is 22.3 Å². The minimum Gasteiger partial charge on any atom is -0.374 e. The summed E-state index contributed by atoms with van der Waals surface area (Å²) in [5.41, 5.74) is 3.79. The smallest absolute Gasteiger partial charge is 0.129 e. The average Bonchev–Trinajstić information content (AvgIpc) is 3.01. The highest BCUT2D eigenvalue weighted by Crippen LogP contribution is 2.32. The summed E-state index contributed by atoms with van der Waals surface area (Å²) >= 11 is 4.83. The molecule has 40 heavy (non-hydrogen) atoms. The van der Waals surface area contributed by atoms with Gasteiger partial charge in [-0.1, -0.05) is 121 Å². The molecule has 6 heteroatoms. The van der Waals surface area contributed by atoms with Crippen LogP contribution in [0.5, 0.6) is 0 Å². The zero-order valence-electron chi connectivity index (χ0n) is 22.5. The molecule has 1 unspecified atom stereocenters. The summed E-state index contributed by atoms with van der Waals surface area (Å²) in [6, 6.07) is 40.4. The Balaban J connectivity index is 1.36. The van der Waals surface area contributed by atoms with E-state index in [9.17, 15) is 0 Å². The van der Waals surface area contributed by atoms with E-state index >= 15 is 0 Å². The summed E-state index contributed by atoms with van der Waals surface area (Å²) in [6.45, 7) is 2.06. The van der Waals surface area contributed by atoms with Crippen molar-refractivity contribution in [2.24, 2.45) is 0 Å². The van der Waals surface area contributed by atoms with Gasteiger partial charge in [-0.3, -0.25) is 0 Å². The van der Waals surface area contributed by atoms with E-state index in [1.54, 1.807) is 0 Å². The summed E-state index contributed by atoms with van der Waals surface area (Å²) in [7, 11) is 0. The van der Waals surface area contributed by atoms with Crippen LogP contribution in [0.1, 0.15) is 22.3 Å². The molecule has 1 saturated heterocycles. The standard InChI is InChI=1S/C34H36O5S/c40-34-33(38-24-29-19-11-4-12-20-29)32(37-23-28-17-9-3-10-18-28)31(36-22-27-15-7-2-8-16-27)30(39-34)25-35-21-26-13-5-1-6-14-26/h1-20,30-34,40H,21-25H2/t30-,31+,32+,33-,34?/m1/s1. The highest BCUT2D eigenvalue weighted by atomic mass is 32.1. The van der Waals surface area contributed by atoms with Crippen molar-refractivity contribution >= 4 is 12.6 Å². The van der Waals surface area contributed by atoms with Gasteiger partial charge in [-0.05, 0) is 22.3 Å². The van der Waals surface area contributed by atoms with E-state index in [0.29, 0.717) is 33.0 Å². The van der Waals surface area contributed by atoms with Gasteiger partial charge in [-0.15, -0.1) is 12.6 Å². The second-order valence-corrected chi connectivity index (χ2v) is 10.4. The first-order chi connectivity index (χ1) is 19.8. The van der Waals surface area contributed by atoms with Crippen molar-refractivity contribution in [2.45, 2.75) is 56.3 Å². The molecule has 4 aromatic rings. The lowest BCUT2D eigenvalue weighted by Gasteiger charge is -2.45. The average molecular weight is 557 g/mol. The van der Waals surface area contributed by atoms with Crippen LogP contribution in [-0.4, -0.2) is 36.5 Å². The second-order valence-electron chi connectivity index (χ2n) is 9.85. The third-order valence-corrected chi connectivity index (χ3v) is 7.27. The van der Waals surface area contributed by atoms with Crippen LogP contribution in [-0.2, 0) is 50.1 Å². The number of thiol groups is 1. The van der Waals surface area contributed by atoms with Crippen LogP contribution >= 0.6 is 12.6 Å². The molecule has 0 spiro atoms. The topological polar surface area (TPSA) is 46.2 Å². The quantitative estimate of drug-likeness (QED) is 0.188.